The highest BCUT2D eigenvalue weighted by atomic mass is 16.5. The molecule has 0 aromatic carbocycles. The van der Waals surface area contributed by atoms with Crippen molar-refractivity contribution in [1.82, 2.24) is 4.90 Å². The average Bonchev–Trinajstić information content (AvgIpc) is 3.16. The van der Waals surface area contributed by atoms with Crippen LogP contribution in [0.15, 0.2) is 0 Å². The van der Waals surface area contributed by atoms with Gasteiger partial charge in [-0.1, -0.05) is 6.92 Å². The molecule has 4 unspecified atom stereocenters. The van der Waals surface area contributed by atoms with E-state index in [1.165, 1.54) is 0 Å². The topological polar surface area (TPSA) is 112 Å². The van der Waals surface area contributed by atoms with Crippen molar-refractivity contribution in [3.8, 4) is 0 Å². The summed E-state index contributed by atoms with van der Waals surface area (Å²) in [6.45, 7) is 2.69. The normalized spacial score (nSPS) is 67.5. The van der Waals surface area contributed by atoms with Crippen LogP contribution in [0.25, 0.3) is 0 Å². The van der Waals surface area contributed by atoms with E-state index in [1.54, 1.807) is 14.2 Å². The summed E-state index contributed by atoms with van der Waals surface area (Å²) >= 11 is 0. The molecule has 1 spiro atoms. The quantitative estimate of drug-likeness (QED) is 0.458. The van der Waals surface area contributed by atoms with Gasteiger partial charge in [-0.3, -0.25) is 4.90 Å². The summed E-state index contributed by atoms with van der Waals surface area (Å²) in [7, 11) is 3.25. The van der Waals surface area contributed by atoms with Crippen LogP contribution < -0.4 is 0 Å². The van der Waals surface area contributed by atoms with Crippen molar-refractivity contribution in [3.63, 3.8) is 0 Å². The number of piperidine rings is 1. The van der Waals surface area contributed by atoms with Gasteiger partial charge in [0.15, 0.2) is 0 Å². The van der Waals surface area contributed by atoms with Crippen molar-refractivity contribution in [3.05, 3.63) is 0 Å². The van der Waals surface area contributed by atoms with Crippen LogP contribution in [0.3, 0.4) is 0 Å². The Morgan fingerprint density at radius 1 is 1.19 bits per heavy atom. The van der Waals surface area contributed by atoms with E-state index in [1.807, 2.05) is 0 Å². The second-order valence-corrected chi connectivity index (χ2v) is 11.5. The van der Waals surface area contributed by atoms with E-state index in [2.05, 4.69) is 11.8 Å². The number of ether oxygens (including phenoxy) is 3. The van der Waals surface area contributed by atoms with Crippen LogP contribution in [0.5, 0.6) is 0 Å². The monoisotopic (exact) mass is 437 g/mol. The molecule has 0 aromatic rings. The fraction of sp³-hybridized carbons (Fsp3) is 1.00. The van der Waals surface area contributed by atoms with Gasteiger partial charge >= 0.3 is 0 Å². The maximum atomic E-state index is 12.7. The lowest BCUT2D eigenvalue weighted by Gasteiger charge is -2.76. The molecule has 0 aromatic heterocycles. The van der Waals surface area contributed by atoms with Crippen molar-refractivity contribution < 1.29 is 34.6 Å². The number of likely N-dealkylation sites (N-methyl/N-ethyl adjacent to an activating group) is 1. The molecular weight excluding hydrogens is 402 g/mol. The van der Waals surface area contributed by atoms with E-state index in [9.17, 15) is 20.4 Å². The van der Waals surface area contributed by atoms with Gasteiger partial charge in [0.05, 0.1) is 37.1 Å². The van der Waals surface area contributed by atoms with Crippen molar-refractivity contribution in [2.45, 2.75) is 80.5 Å². The highest BCUT2D eigenvalue weighted by Crippen LogP contribution is 2.83. The molecule has 8 nitrogen and oxygen atoms in total. The van der Waals surface area contributed by atoms with Gasteiger partial charge in [-0.25, -0.2) is 0 Å². The standard InChI is InChI=1S/C23H35NO7/c1-4-24-18-22-11-7-10-12(29-2)8-21(27,14(11)15(10)26)23(18,28)17(30-3)16(22)20(9-25)6-5-13(22)31-19(20)24/h10-19,25-28H,4-9H2,1-3H3/t10-,11-,12+,13+,14?,15?,16-,17+,18?,19?,20+,21-,22+,23+/m1/s1. The molecule has 5 aliphatic carbocycles. The summed E-state index contributed by atoms with van der Waals surface area (Å²) in [6, 6.07) is -0.323. The van der Waals surface area contributed by atoms with Crippen LogP contribution in [0.2, 0.25) is 0 Å². The van der Waals surface area contributed by atoms with Crippen molar-refractivity contribution in [2.24, 2.45) is 34.5 Å². The third-order valence-electron chi connectivity index (χ3n) is 11.5. The molecule has 4 saturated heterocycles. The molecule has 0 radical (unpaired) electrons. The van der Waals surface area contributed by atoms with Gasteiger partial charge in [-0.2, -0.15) is 0 Å². The molecule has 9 rings (SSSR count). The van der Waals surface area contributed by atoms with Crippen LogP contribution in [-0.4, -0.2) is 101 Å². The average molecular weight is 438 g/mol. The van der Waals surface area contributed by atoms with Crippen molar-refractivity contribution >= 4 is 0 Å². The van der Waals surface area contributed by atoms with Crippen LogP contribution in [0.1, 0.15) is 32.6 Å². The third-order valence-corrected chi connectivity index (χ3v) is 11.5. The zero-order valence-corrected chi connectivity index (χ0v) is 18.5. The highest BCUT2D eigenvalue weighted by Gasteiger charge is 2.94. The fourth-order valence-electron chi connectivity index (χ4n) is 11.0. The van der Waals surface area contributed by atoms with E-state index in [0.29, 0.717) is 13.0 Å². The molecule has 4 heterocycles. The van der Waals surface area contributed by atoms with E-state index in [4.69, 9.17) is 14.2 Å². The number of aliphatic hydroxyl groups is 4. The number of aliphatic hydroxyl groups excluding tert-OH is 2. The van der Waals surface area contributed by atoms with Crippen molar-refractivity contribution in [2.75, 3.05) is 27.4 Å². The second-order valence-electron chi connectivity index (χ2n) is 11.5. The zero-order valence-electron chi connectivity index (χ0n) is 18.5. The minimum absolute atomic E-state index is 0.0143. The SMILES string of the molecule is CCN1C2O[C@H]3CC[C@]2(CO)[C@H]2[C@H](OC)[C@]4(O)C1[C@@]32[C@@H]1C[C@H]2C(O)C1[C@]4(O)C[C@@H]2OC. The first-order chi connectivity index (χ1) is 14.8. The first-order valence-electron chi connectivity index (χ1n) is 12.0. The predicted molar refractivity (Wildman–Crippen MR) is 107 cm³/mol. The Hall–Kier alpha value is -0.320. The lowest BCUT2D eigenvalue weighted by Crippen LogP contribution is -2.86. The smallest absolute Gasteiger partial charge is 0.136 e. The summed E-state index contributed by atoms with van der Waals surface area (Å²) < 4.78 is 18.6. The Morgan fingerprint density at radius 2 is 1.97 bits per heavy atom. The minimum atomic E-state index is -1.57. The van der Waals surface area contributed by atoms with E-state index < -0.39 is 40.2 Å². The van der Waals surface area contributed by atoms with Crippen molar-refractivity contribution in [1.29, 1.82) is 0 Å². The van der Waals surface area contributed by atoms with Crippen LogP contribution in [0.4, 0.5) is 0 Å². The number of hydrogen-bond acceptors (Lipinski definition) is 8. The molecule has 4 aliphatic heterocycles. The maximum Gasteiger partial charge on any atom is 0.136 e. The Balaban J connectivity index is 1.56. The van der Waals surface area contributed by atoms with Gasteiger partial charge < -0.3 is 34.6 Å². The van der Waals surface area contributed by atoms with Gasteiger partial charge in [0.1, 0.15) is 17.4 Å². The molecule has 14 atom stereocenters. The molecule has 9 aliphatic rings. The minimum Gasteiger partial charge on any atom is -0.396 e. The van der Waals surface area contributed by atoms with E-state index >= 15 is 0 Å². The van der Waals surface area contributed by atoms with Gasteiger partial charge in [0, 0.05) is 49.2 Å². The summed E-state index contributed by atoms with van der Waals surface area (Å²) in [6.07, 6.45) is 0.687. The number of methoxy groups -OCH3 is 2. The summed E-state index contributed by atoms with van der Waals surface area (Å²) in [5, 5.41) is 47.4. The predicted octanol–water partition coefficient (Wildman–Crippen LogP) is -0.673. The van der Waals surface area contributed by atoms with Gasteiger partial charge in [-0.05, 0) is 31.7 Å². The fourth-order valence-corrected chi connectivity index (χ4v) is 11.0. The lowest BCUT2D eigenvalue weighted by molar-refractivity contribution is -0.410. The first kappa shape index (κ1) is 20.1. The molecule has 5 saturated carbocycles. The van der Waals surface area contributed by atoms with Gasteiger partial charge in [-0.15, -0.1) is 0 Å². The summed E-state index contributed by atoms with van der Waals surface area (Å²) in [5.74, 6) is -0.631. The largest absolute Gasteiger partial charge is 0.396 e. The van der Waals surface area contributed by atoms with Gasteiger partial charge in [0.2, 0.25) is 0 Å². The molecule has 4 N–H and O–H groups in total. The number of nitrogens with zero attached hydrogens (tertiary/aromatic N) is 1. The Labute approximate surface area is 182 Å². The van der Waals surface area contributed by atoms with Crippen LogP contribution in [0, 0.1) is 34.5 Å². The summed E-state index contributed by atoms with van der Waals surface area (Å²) in [5.41, 5.74) is -4.09. The van der Waals surface area contributed by atoms with E-state index in [-0.39, 0.29) is 48.8 Å². The zero-order chi connectivity index (χ0) is 21.7. The number of fused-ring (bicyclic) bond motifs is 3. The molecule has 9 bridgehead atoms. The Bertz CT molecular complexity index is 828. The van der Waals surface area contributed by atoms with Gasteiger partial charge in [0.25, 0.3) is 0 Å². The molecule has 174 valence electrons. The molecule has 9 fully saturated rings. The van der Waals surface area contributed by atoms with E-state index in [0.717, 1.165) is 19.3 Å². The number of hydrogen-bond donors (Lipinski definition) is 4. The number of rotatable bonds is 4. The molecule has 31 heavy (non-hydrogen) atoms. The molecule has 8 heteroatoms. The first-order valence-corrected chi connectivity index (χ1v) is 12.0. The maximum absolute atomic E-state index is 12.7. The third kappa shape index (κ3) is 1.61. The highest BCUT2D eigenvalue weighted by molar-refractivity contribution is 5.43. The Morgan fingerprint density at radius 3 is 2.61 bits per heavy atom. The summed E-state index contributed by atoms with van der Waals surface area (Å²) in [4.78, 5) is 2.22. The lowest BCUT2D eigenvalue weighted by atomic mass is 9.41. The Kier molecular flexibility index (Phi) is 3.67. The molecule has 0 amide bonds. The molecular formula is C23H35NO7. The second kappa shape index (κ2) is 5.66. The van der Waals surface area contributed by atoms with Crippen LogP contribution in [-0.2, 0) is 14.2 Å². The van der Waals surface area contributed by atoms with Crippen LogP contribution >= 0.6 is 0 Å².